The lowest BCUT2D eigenvalue weighted by atomic mass is 9.80. The van der Waals surface area contributed by atoms with E-state index < -0.39 is 0 Å². The van der Waals surface area contributed by atoms with Gasteiger partial charge in [-0.25, -0.2) is 0 Å². The molecule has 0 aliphatic heterocycles. The first kappa shape index (κ1) is 13.4. The smallest absolute Gasteiger partial charge is 0.0931 e. The fourth-order valence-corrected chi connectivity index (χ4v) is 4.07. The van der Waals surface area contributed by atoms with E-state index in [0.29, 0.717) is 12.1 Å². The predicted molar refractivity (Wildman–Crippen MR) is 76.8 cm³/mol. The zero-order valence-corrected chi connectivity index (χ0v) is 12.4. The van der Waals surface area contributed by atoms with E-state index in [1.165, 1.54) is 24.8 Å². The molecule has 3 unspecified atom stereocenters. The van der Waals surface area contributed by atoms with Crippen molar-refractivity contribution in [1.29, 1.82) is 0 Å². The highest BCUT2D eigenvalue weighted by Gasteiger charge is 2.25. The molecule has 1 aliphatic rings. The van der Waals surface area contributed by atoms with E-state index in [9.17, 15) is 0 Å². The molecule has 1 aliphatic carbocycles. The van der Waals surface area contributed by atoms with Crippen LogP contribution in [-0.2, 0) is 0 Å². The molecule has 3 atom stereocenters. The Bertz CT molecular complexity index is 353. The maximum atomic E-state index is 5.98. The Labute approximate surface area is 114 Å². The summed E-state index contributed by atoms with van der Waals surface area (Å²) in [5.74, 6) is 1.71. The summed E-state index contributed by atoms with van der Waals surface area (Å²) in [7, 11) is 0. The topological polar surface area (TPSA) is 12.0 Å². The van der Waals surface area contributed by atoms with Gasteiger partial charge >= 0.3 is 0 Å². The van der Waals surface area contributed by atoms with Gasteiger partial charge in [-0.1, -0.05) is 25.4 Å². The second-order valence-corrected chi connectivity index (χ2v) is 7.23. The highest BCUT2D eigenvalue weighted by Crippen LogP contribution is 2.31. The van der Waals surface area contributed by atoms with E-state index in [-0.39, 0.29) is 0 Å². The van der Waals surface area contributed by atoms with Crippen molar-refractivity contribution >= 4 is 22.9 Å². The molecule has 1 N–H and O–H groups in total. The second kappa shape index (κ2) is 5.73. The molecule has 3 heteroatoms. The van der Waals surface area contributed by atoms with Crippen LogP contribution in [-0.4, -0.2) is 6.04 Å². The van der Waals surface area contributed by atoms with Crippen LogP contribution in [0.5, 0.6) is 0 Å². The van der Waals surface area contributed by atoms with E-state index >= 15 is 0 Å². The minimum Gasteiger partial charge on any atom is -0.307 e. The lowest BCUT2D eigenvalue weighted by Gasteiger charge is -2.33. The van der Waals surface area contributed by atoms with Gasteiger partial charge in [0.1, 0.15) is 0 Å². The third-order valence-electron chi connectivity index (χ3n) is 3.75. The van der Waals surface area contributed by atoms with Gasteiger partial charge in [0.15, 0.2) is 0 Å². The van der Waals surface area contributed by atoms with Crippen molar-refractivity contribution in [1.82, 2.24) is 5.32 Å². The Kier molecular flexibility index (Phi) is 4.51. The standard InChI is InChI=1S/C14H22ClNS/c1-9-4-10(2)6-13(5-9)16-11(3)12-7-14(15)17-8-12/h7-11,13,16H,4-6H2,1-3H3. The summed E-state index contributed by atoms with van der Waals surface area (Å²) in [5, 5.41) is 5.92. The first-order valence-corrected chi connectivity index (χ1v) is 7.80. The van der Waals surface area contributed by atoms with Gasteiger partial charge in [-0.05, 0) is 55.0 Å². The van der Waals surface area contributed by atoms with Crippen LogP contribution in [0.1, 0.15) is 51.6 Å². The quantitative estimate of drug-likeness (QED) is 0.826. The zero-order chi connectivity index (χ0) is 12.4. The van der Waals surface area contributed by atoms with Crippen molar-refractivity contribution in [2.24, 2.45) is 11.8 Å². The molecule has 0 aromatic carbocycles. The third kappa shape index (κ3) is 3.70. The summed E-state index contributed by atoms with van der Waals surface area (Å²) < 4.78 is 0.888. The average molecular weight is 272 g/mol. The molecule has 1 nitrogen and oxygen atoms in total. The molecule has 0 radical (unpaired) electrons. The minimum absolute atomic E-state index is 0.418. The normalized spacial score (nSPS) is 31.4. The maximum absolute atomic E-state index is 5.98. The van der Waals surface area contributed by atoms with Crippen LogP contribution >= 0.6 is 22.9 Å². The van der Waals surface area contributed by atoms with Gasteiger partial charge in [0.05, 0.1) is 4.34 Å². The summed E-state index contributed by atoms with van der Waals surface area (Å²) >= 11 is 7.61. The number of hydrogen-bond acceptors (Lipinski definition) is 2. The Hall–Kier alpha value is -0.0500. The molecule has 1 heterocycles. The number of nitrogens with one attached hydrogen (secondary N) is 1. The van der Waals surface area contributed by atoms with E-state index in [2.05, 4.69) is 37.5 Å². The number of hydrogen-bond donors (Lipinski definition) is 1. The van der Waals surface area contributed by atoms with E-state index in [1.54, 1.807) is 11.3 Å². The average Bonchev–Trinajstić information content (AvgIpc) is 2.63. The first-order valence-electron chi connectivity index (χ1n) is 6.54. The third-order valence-corrected chi connectivity index (χ3v) is 4.86. The molecule has 0 amide bonds. The van der Waals surface area contributed by atoms with Crippen LogP contribution in [0.25, 0.3) is 0 Å². The highest BCUT2D eigenvalue weighted by molar-refractivity contribution is 7.14. The molecule has 1 fully saturated rings. The van der Waals surface area contributed by atoms with Gasteiger partial charge < -0.3 is 5.32 Å². The molecule has 1 saturated carbocycles. The lowest BCUT2D eigenvalue weighted by molar-refractivity contribution is 0.228. The molecule has 0 saturated heterocycles. The van der Waals surface area contributed by atoms with Gasteiger partial charge in [0.2, 0.25) is 0 Å². The fourth-order valence-electron chi connectivity index (χ4n) is 3.08. The summed E-state index contributed by atoms with van der Waals surface area (Å²) in [5.41, 5.74) is 1.32. The number of rotatable bonds is 3. The lowest BCUT2D eigenvalue weighted by Crippen LogP contribution is -2.37. The molecular formula is C14H22ClNS. The molecule has 96 valence electrons. The zero-order valence-electron chi connectivity index (χ0n) is 10.9. The first-order chi connectivity index (χ1) is 8.04. The van der Waals surface area contributed by atoms with Crippen LogP contribution in [0.15, 0.2) is 11.4 Å². The van der Waals surface area contributed by atoms with Crippen LogP contribution in [0.2, 0.25) is 4.34 Å². The van der Waals surface area contributed by atoms with E-state index in [1.807, 2.05) is 0 Å². The number of thiophene rings is 1. The summed E-state index contributed by atoms with van der Waals surface area (Å²) in [6, 6.07) is 3.17. The monoisotopic (exact) mass is 271 g/mol. The van der Waals surface area contributed by atoms with Crippen molar-refractivity contribution in [3.05, 3.63) is 21.3 Å². The predicted octanol–water partition coefficient (Wildman–Crippen LogP) is 4.88. The van der Waals surface area contributed by atoms with E-state index in [0.717, 1.165) is 16.2 Å². The molecule has 1 aromatic rings. The molecule has 1 aromatic heterocycles. The van der Waals surface area contributed by atoms with Crippen LogP contribution in [0.4, 0.5) is 0 Å². The molecular weight excluding hydrogens is 250 g/mol. The van der Waals surface area contributed by atoms with Crippen molar-refractivity contribution in [2.45, 2.75) is 52.1 Å². The van der Waals surface area contributed by atoms with E-state index in [4.69, 9.17) is 11.6 Å². The van der Waals surface area contributed by atoms with Crippen molar-refractivity contribution in [2.75, 3.05) is 0 Å². The summed E-state index contributed by atoms with van der Waals surface area (Å²) in [4.78, 5) is 0. The second-order valence-electron chi connectivity index (χ2n) is 5.69. The van der Waals surface area contributed by atoms with Crippen molar-refractivity contribution in [3.63, 3.8) is 0 Å². The van der Waals surface area contributed by atoms with Crippen LogP contribution < -0.4 is 5.32 Å². The van der Waals surface area contributed by atoms with Gasteiger partial charge in [-0.3, -0.25) is 0 Å². The Morgan fingerprint density at radius 2 is 1.94 bits per heavy atom. The SMILES string of the molecule is CC1CC(C)CC(NC(C)c2csc(Cl)c2)C1. The highest BCUT2D eigenvalue weighted by atomic mass is 35.5. The van der Waals surface area contributed by atoms with Crippen molar-refractivity contribution in [3.8, 4) is 0 Å². The maximum Gasteiger partial charge on any atom is 0.0931 e. The Balaban J connectivity index is 1.92. The van der Waals surface area contributed by atoms with Crippen molar-refractivity contribution < 1.29 is 0 Å². The van der Waals surface area contributed by atoms with Gasteiger partial charge in [0, 0.05) is 12.1 Å². The van der Waals surface area contributed by atoms with Crippen LogP contribution in [0.3, 0.4) is 0 Å². The Morgan fingerprint density at radius 1 is 1.29 bits per heavy atom. The van der Waals surface area contributed by atoms with Gasteiger partial charge in [-0.2, -0.15) is 0 Å². The largest absolute Gasteiger partial charge is 0.307 e. The minimum atomic E-state index is 0.418. The molecule has 17 heavy (non-hydrogen) atoms. The summed E-state index contributed by atoms with van der Waals surface area (Å²) in [6.45, 7) is 6.98. The molecule has 2 rings (SSSR count). The van der Waals surface area contributed by atoms with Gasteiger partial charge in [0.25, 0.3) is 0 Å². The number of halogens is 1. The summed E-state index contributed by atoms with van der Waals surface area (Å²) in [6.07, 6.45) is 4.01. The fraction of sp³-hybridized carbons (Fsp3) is 0.714. The molecule has 0 spiro atoms. The van der Waals surface area contributed by atoms with Gasteiger partial charge in [-0.15, -0.1) is 11.3 Å². The van der Waals surface area contributed by atoms with Crippen LogP contribution in [0, 0.1) is 11.8 Å². The Morgan fingerprint density at radius 3 is 2.47 bits per heavy atom. The molecule has 0 bridgehead atoms.